The van der Waals surface area contributed by atoms with E-state index in [1.54, 1.807) is 19.1 Å². The van der Waals surface area contributed by atoms with E-state index >= 15 is 0 Å². The van der Waals surface area contributed by atoms with Gasteiger partial charge in [0.2, 0.25) is 0 Å². The van der Waals surface area contributed by atoms with Gasteiger partial charge in [-0.1, -0.05) is 25.4 Å². The number of halogens is 1. The average molecular weight is 228 g/mol. The molecular weight excluding hydrogens is 214 g/mol. The van der Waals surface area contributed by atoms with E-state index in [0.29, 0.717) is 16.4 Å². The van der Waals surface area contributed by atoms with Gasteiger partial charge in [-0.2, -0.15) is 0 Å². The van der Waals surface area contributed by atoms with Gasteiger partial charge < -0.3 is 5.11 Å². The Labute approximate surface area is 94.1 Å². The van der Waals surface area contributed by atoms with E-state index in [1.165, 1.54) is 0 Å². The molecule has 1 unspecified atom stereocenters. The first-order valence-corrected chi connectivity index (χ1v) is 5.17. The summed E-state index contributed by atoms with van der Waals surface area (Å²) in [6.45, 7) is 5.50. The molecule has 1 aromatic rings. The monoisotopic (exact) mass is 227 g/mol. The summed E-state index contributed by atoms with van der Waals surface area (Å²) in [6.07, 6.45) is 0. The molecule has 4 heteroatoms. The molecule has 0 aliphatic rings. The minimum atomic E-state index is -0.848. The van der Waals surface area contributed by atoms with E-state index in [1.807, 2.05) is 13.8 Å². The van der Waals surface area contributed by atoms with Crippen molar-refractivity contribution in [3.63, 3.8) is 0 Å². The van der Waals surface area contributed by atoms with Crippen molar-refractivity contribution in [1.82, 2.24) is 4.98 Å². The molecule has 1 aromatic heterocycles. The molecule has 3 nitrogen and oxygen atoms in total. The number of rotatable bonds is 3. The first-order chi connectivity index (χ1) is 6.93. The van der Waals surface area contributed by atoms with E-state index in [9.17, 15) is 4.79 Å². The second-order valence-corrected chi connectivity index (χ2v) is 4.27. The molecule has 0 amide bonds. The van der Waals surface area contributed by atoms with Crippen LogP contribution in [-0.2, 0) is 4.79 Å². The minimum Gasteiger partial charge on any atom is -0.481 e. The number of aromatic nitrogens is 1. The van der Waals surface area contributed by atoms with Crippen LogP contribution < -0.4 is 0 Å². The smallest absolute Gasteiger partial charge is 0.312 e. The fourth-order valence-electron chi connectivity index (χ4n) is 1.49. The Morgan fingerprint density at radius 1 is 1.47 bits per heavy atom. The maximum Gasteiger partial charge on any atom is 0.312 e. The average Bonchev–Trinajstić information content (AvgIpc) is 2.10. The maximum absolute atomic E-state index is 11.1. The van der Waals surface area contributed by atoms with E-state index in [-0.39, 0.29) is 5.92 Å². The Hall–Kier alpha value is -1.09. The van der Waals surface area contributed by atoms with Crippen LogP contribution >= 0.6 is 11.6 Å². The van der Waals surface area contributed by atoms with Crippen LogP contribution in [0.5, 0.6) is 0 Å². The standard InChI is InChI=1S/C11H14ClNO2/c1-6(2)10(11(14)15)9-5-4-8(12)7(3)13-9/h4-6,10H,1-3H3,(H,14,15). The van der Waals surface area contributed by atoms with Gasteiger partial charge in [0.05, 0.1) is 16.4 Å². The maximum atomic E-state index is 11.1. The highest BCUT2D eigenvalue weighted by molar-refractivity contribution is 6.31. The zero-order valence-corrected chi connectivity index (χ0v) is 9.75. The Morgan fingerprint density at radius 3 is 2.47 bits per heavy atom. The topological polar surface area (TPSA) is 50.2 Å². The third-order valence-corrected chi connectivity index (χ3v) is 2.69. The lowest BCUT2D eigenvalue weighted by Crippen LogP contribution is -2.19. The normalized spacial score (nSPS) is 12.9. The Bertz CT molecular complexity index is 377. The predicted molar refractivity (Wildman–Crippen MR) is 59.2 cm³/mol. The van der Waals surface area contributed by atoms with Gasteiger partial charge >= 0.3 is 5.97 Å². The number of carboxylic acids is 1. The summed E-state index contributed by atoms with van der Waals surface area (Å²) in [5.74, 6) is -1.41. The van der Waals surface area contributed by atoms with Crippen LogP contribution in [0.4, 0.5) is 0 Å². The van der Waals surface area contributed by atoms with E-state index < -0.39 is 11.9 Å². The molecule has 0 aromatic carbocycles. The number of hydrogen-bond acceptors (Lipinski definition) is 2. The molecule has 1 heterocycles. The molecular formula is C11H14ClNO2. The van der Waals surface area contributed by atoms with Crippen molar-refractivity contribution < 1.29 is 9.90 Å². The third kappa shape index (κ3) is 2.69. The number of aryl methyl sites for hydroxylation is 1. The number of nitrogens with zero attached hydrogens (tertiary/aromatic N) is 1. The van der Waals surface area contributed by atoms with Gasteiger partial charge in [-0.15, -0.1) is 0 Å². The molecule has 0 aliphatic heterocycles. The predicted octanol–water partition coefficient (Wildman–Crippen LogP) is 2.87. The highest BCUT2D eigenvalue weighted by Gasteiger charge is 2.25. The largest absolute Gasteiger partial charge is 0.481 e. The lowest BCUT2D eigenvalue weighted by Gasteiger charge is -2.16. The van der Waals surface area contributed by atoms with Crippen molar-refractivity contribution in [2.75, 3.05) is 0 Å². The Balaban J connectivity index is 3.12. The second-order valence-electron chi connectivity index (χ2n) is 3.86. The van der Waals surface area contributed by atoms with Crippen molar-refractivity contribution in [2.24, 2.45) is 5.92 Å². The summed E-state index contributed by atoms with van der Waals surface area (Å²) in [5.41, 5.74) is 1.24. The molecule has 1 rings (SSSR count). The fourth-order valence-corrected chi connectivity index (χ4v) is 1.60. The summed E-state index contributed by atoms with van der Waals surface area (Å²) in [4.78, 5) is 15.3. The molecule has 0 aliphatic carbocycles. The lowest BCUT2D eigenvalue weighted by atomic mass is 9.92. The van der Waals surface area contributed by atoms with Gasteiger partial charge in [0.25, 0.3) is 0 Å². The zero-order chi connectivity index (χ0) is 11.6. The molecule has 82 valence electrons. The van der Waals surface area contributed by atoms with Crippen molar-refractivity contribution in [3.05, 3.63) is 28.5 Å². The first kappa shape index (κ1) is 12.0. The summed E-state index contributed by atoms with van der Waals surface area (Å²) in [5, 5.41) is 9.65. The first-order valence-electron chi connectivity index (χ1n) is 4.79. The number of aliphatic carboxylic acids is 1. The number of pyridine rings is 1. The minimum absolute atomic E-state index is 0.00979. The van der Waals surface area contributed by atoms with Crippen LogP contribution in [0.3, 0.4) is 0 Å². The highest BCUT2D eigenvalue weighted by Crippen LogP contribution is 2.25. The van der Waals surface area contributed by atoms with Gasteiger partial charge in [-0.25, -0.2) is 0 Å². The molecule has 1 N–H and O–H groups in total. The second kappa shape index (κ2) is 4.62. The van der Waals surface area contributed by atoms with Crippen LogP contribution in [-0.4, -0.2) is 16.1 Å². The molecule has 0 spiro atoms. The highest BCUT2D eigenvalue weighted by atomic mass is 35.5. The van der Waals surface area contributed by atoms with Crippen LogP contribution in [0.2, 0.25) is 5.02 Å². The van der Waals surface area contributed by atoms with Crippen LogP contribution in [0.25, 0.3) is 0 Å². The fraction of sp³-hybridized carbons (Fsp3) is 0.455. The summed E-state index contributed by atoms with van der Waals surface area (Å²) in [7, 11) is 0. The molecule has 0 bridgehead atoms. The van der Waals surface area contributed by atoms with Crippen molar-refractivity contribution >= 4 is 17.6 Å². The number of carboxylic acid groups (broad SMARTS) is 1. The third-order valence-electron chi connectivity index (χ3n) is 2.29. The molecule has 0 saturated carbocycles. The van der Waals surface area contributed by atoms with E-state index in [2.05, 4.69) is 4.98 Å². The quantitative estimate of drug-likeness (QED) is 0.864. The van der Waals surface area contributed by atoms with Gasteiger partial charge in [-0.3, -0.25) is 9.78 Å². The number of carbonyl (C=O) groups is 1. The molecule has 0 saturated heterocycles. The Morgan fingerprint density at radius 2 is 2.07 bits per heavy atom. The summed E-state index contributed by atoms with van der Waals surface area (Å²) < 4.78 is 0. The van der Waals surface area contributed by atoms with E-state index in [4.69, 9.17) is 16.7 Å². The number of hydrogen-bond donors (Lipinski definition) is 1. The molecule has 0 fully saturated rings. The molecule has 1 atom stereocenters. The van der Waals surface area contributed by atoms with Gasteiger partial charge in [-0.05, 0) is 25.0 Å². The van der Waals surface area contributed by atoms with Crippen LogP contribution in [0.1, 0.15) is 31.2 Å². The van der Waals surface area contributed by atoms with Crippen molar-refractivity contribution in [2.45, 2.75) is 26.7 Å². The van der Waals surface area contributed by atoms with Crippen molar-refractivity contribution in [3.8, 4) is 0 Å². The summed E-state index contributed by atoms with van der Waals surface area (Å²) in [6, 6.07) is 3.37. The van der Waals surface area contributed by atoms with Crippen LogP contribution in [0.15, 0.2) is 12.1 Å². The zero-order valence-electron chi connectivity index (χ0n) is 8.99. The van der Waals surface area contributed by atoms with Gasteiger partial charge in [0.15, 0.2) is 0 Å². The van der Waals surface area contributed by atoms with Gasteiger partial charge in [0.1, 0.15) is 5.92 Å². The molecule has 0 radical (unpaired) electrons. The SMILES string of the molecule is Cc1nc(C(C(=O)O)C(C)C)ccc1Cl. The Kier molecular flexibility index (Phi) is 3.69. The van der Waals surface area contributed by atoms with E-state index in [0.717, 1.165) is 0 Å². The van der Waals surface area contributed by atoms with Crippen molar-refractivity contribution in [1.29, 1.82) is 0 Å². The molecule has 15 heavy (non-hydrogen) atoms. The van der Waals surface area contributed by atoms with Gasteiger partial charge in [0, 0.05) is 0 Å². The van der Waals surface area contributed by atoms with Crippen LogP contribution in [0, 0.1) is 12.8 Å². The summed E-state index contributed by atoms with van der Waals surface area (Å²) >= 11 is 5.83. The lowest BCUT2D eigenvalue weighted by molar-refractivity contribution is -0.140.